The normalized spacial score (nSPS) is 10.2. The van der Waals surface area contributed by atoms with E-state index in [1.165, 1.54) is 6.33 Å². The molecule has 0 aliphatic heterocycles. The Labute approximate surface area is 132 Å². The minimum absolute atomic E-state index is 0.242. The predicted octanol–water partition coefficient (Wildman–Crippen LogP) is 3.34. The van der Waals surface area contributed by atoms with Crippen molar-refractivity contribution in [2.45, 2.75) is 13.8 Å². The van der Waals surface area contributed by atoms with E-state index >= 15 is 0 Å². The summed E-state index contributed by atoms with van der Waals surface area (Å²) in [7, 11) is 0. The first-order valence-electron chi connectivity index (χ1n) is 6.78. The highest BCUT2D eigenvalue weighted by Gasteiger charge is 2.11. The number of benzene rings is 1. The number of aromatic nitrogens is 2. The summed E-state index contributed by atoms with van der Waals surface area (Å²) in [6, 6.07) is 9.11. The van der Waals surface area contributed by atoms with Crippen molar-refractivity contribution in [3.8, 4) is 0 Å². The smallest absolute Gasteiger partial charge is 0.274 e. The first-order chi connectivity index (χ1) is 10.1. The minimum atomic E-state index is -0.242. The highest BCUT2D eigenvalue weighted by molar-refractivity contribution is 9.10. The predicted molar refractivity (Wildman–Crippen MR) is 87.7 cm³/mol. The van der Waals surface area contributed by atoms with Crippen molar-refractivity contribution < 1.29 is 4.79 Å². The zero-order valence-corrected chi connectivity index (χ0v) is 13.6. The van der Waals surface area contributed by atoms with Crippen LogP contribution in [0.2, 0.25) is 0 Å². The summed E-state index contributed by atoms with van der Waals surface area (Å²) in [5.41, 5.74) is 1.08. The van der Waals surface area contributed by atoms with Gasteiger partial charge in [0.15, 0.2) is 0 Å². The van der Waals surface area contributed by atoms with Gasteiger partial charge in [0.2, 0.25) is 0 Å². The van der Waals surface area contributed by atoms with Crippen LogP contribution in [0.25, 0.3) is 0 Å². The van der Waals surface area contributed by atoms with Gasteiger partial charge in [0.25, 0.3) is 5.91 Å². The molecule has 1 amide bonds. The van der Waals surface area contributed by atoms with Crippen molar-refractivity contribution in [1.29, 1.82) is 0 Å². The summed E-state index contributed by atoms with van der Waals surface area (Å²) in [6.45, 7) is 5.77. The summed E-state index contributed by atoms with van der Waals surface area (Å²) < 4.78 is 0.964. The lowest BCUT2D eigenvalue weighted by atomic mass is 10.3. The Balaban J connectivity index is 2.15. The molecule has 6 heteroatoms. The highest BCUT2D eigenvalue weighted by Crippen LogP contribution is 2.16. The molecule has 21 heavy (non-hydrogen) atoms. The van der Waals surface area contributed by atoms with Crippen LogP contribution in [0.5, 0.6) is 0 Å². The van der Waals surface area contributed by atoms with E-state index in [1.807, 2.05) is 38.1 Å². The van der Waals surface area contributed by atoms with Gasteiger partial charge in [0.1, 0.15) is 17.8 Å². The number of halogens is 1. The zero-order valence-electron chi connectivity index (χ0n) is 12.0. The second kappa shape index (κ2) is 7.17. The number of hydrogen-bond acceptors (Lipinski definition) is 4. The SMILES string of the molecule is CCN(CC)c1cc(C(=O)Nc2ccc(Br)cc2)ncn1. The quantitative estimate of drug-likeness (QED) is 0.900. The van der Waals surface area contributed by atoms with Gasteiger partial charge in [-0.05, 0) is 38.1 Å². The number of rotatable bonds is 5. The van der Waals surface area contributed by atoms with Gasteiger partial charge in [-0.25, -0.2) is 9.97 Å². The van der Waals surface area contributed by atoms with Crippen LogP contribution in [-0.4, -0.2) is 29.0 Å². The maximum atomic E-state index is 12.2. The largest absolute Gasteiger partial charge is 0.357 e. The van der Waals surface area contributed by atoms with E-state index in [1.54, 1.807) is 6.07 Å². The molecule has 1 heterocycles. The van der Waals surface area contributed by atoms with Crippen LogP contribution in [0.4, 0.5) is 11.5 Å². The molecule has 0 aliphatic rings. The van der Waals surface area contributed by atoms with E-state index in [0.717, 1.165) is 29.1 Å². The molecule has 2 rings (SSSR count). The van der Waals surface area contributed by atoms with Crippen LogP contribution in [0, 0.1) is 0 Å². The van der Waals surface area contributed by atoms with Crippen molar-refractivity contribution in [2.75, 3.05) is 23.3 Å². The Kier molecular flexibility index (Phi) is 5.27. The third-order valence-electron chi connectivity index (χ3n) is 3.07. The zero-order chi connectivity index (χ0) is 15.2. The second-order valence-electron chi connectivity index (χ2n) is 4.39. The molecular formula is C15H17BrN4O. The molecule has 0 saturated heterocycles. The van der Waals surface area contributed by atoms with Crippen LogP contribution in [0.1, 0.15) is 24.3 Å². The van der Waals surface area contributed by atoms with Crippen LogP contribution >= 0.6 is 15.9 Å². The lowest BCUT2D eigenvalue weighted by molar-refractivity contribution is 0.102. The number of carbonyl (C=O) groups excluding carboxylic acids is 1. The van der Waals surface area contributed by atoms with E-state index in [0.29, 0.717) is 5.69 Å². The average Bonchev–Trinajstić information content (AvgIpc) is 2.51. The van der Waals surface area contributed by atoms with Gasteiger partial charge >= 0.3 is 0 Å². The first kappa shape index (κ1) is 15.4. The topological polar surface area (TPSA) is 58.1 Å². The number of amides is 1. The number of nitrogens with one attached hydrogen (secondary N) is 1. The van der Waals surface area contributed by atoms with Gasteiger partial charge in [-0.3, -0.25) is 4.79 Å². The molecule has 0 atom stereocenters. The molecule has 0 radical (unpaired) electrons. The molecule has 2 aromatic rings. The van der Waals surface area contributed by atoms with Crippen molar-refractivity contribution in [1.82, 2.24) is 9.97 Å². The maximum absolute atomic E-state index is 12.2. The van der Waals surface area contributed by atoms with Crippen LogP contribution in [-0.2, 0) is 0 Å². The highest BCUT2D eigenvalue weighted by atomic mass is 79.9. The van der Waals surface area contributed by atoms with Crippen LogP contribution in [0.3, 0.4) is 0 Å². The van der Waals surface area contributed by atoms with Crippen molar-refractivity contribution in [3.63, 3.8) is 0 Å². The summed E-state index contributed by atoms with van der Waals surface area (Å²) in [5.74, 6) is 0.518. The Morgan fingerprint density at radius 2 is 1.86 bits per heavy atom. The molecule has 1 aromatic heterocycles. The maximum Gasteiger partial charge on any atom is 0.274 e. The molecule has 0 bridgehead atoms. The monoisotopic (exact) mass is 348 g/mol. The standard InChI is InChI=1S/C15H17BrN4O/c1-3-20(4-2)14-9-13(17-10-18-14)15(21)19-12-7-5-11(16)6-8-12/h5-10H,3-4H2,1-2H3,(H,19,21). The third-order valence-corrected chi connectivity index (χ3v) is 3.60. The molecule has 0 aliphatic carbocycles. The molecule has 1 aromatic carbocycles. The van der Waals surface area contributed by atoms with E-state index in [-0.39, 0.29) is 5.91 Å². The van der Waals surface area contributed by atoms with Crippen LogP contribution in [0.15, 0.2) is 41.1 Å². The van der Waals surface area contributed by atoms with Gasteiger partial charge < -0.3 is 10.2 Å². The summed E-state index contributed by atoms with van der Waals surface area (Å²) in [4.78, 5) is 22.5. The lowest BCUT2D eigenvalue weighted by Gasteiger charge is -2.19. The number of nitrogens with zero attached hydrogens (tertiary/aromatic N) is 3. The van der Waals surface area contributed by atoms with E-state index in [2.05, 4.69) is 36.1 Å². The Morgan fingerprint density at radius 1 is 1.19 bits per heavy atom. The minimum Gasteiger partial charge on any atom is -0.357 e. The lowest BCUT2D eigenvalue weighted by Crippen LogP contribution is -2.24. The molecule has 0 saturated carbocycles. The summed E-state index contributed by atoms with van der Waals surface area (Å²) in [5, 5.41) is 2.82. The van der Waals surface area contributed by atoms with E-state index in [4.69, 9.17) is 0 Å². The average molecular weight is 349 g/mol. The molecule has 5 nitrogen and oxygen atoms in total. The van der Waals surface area contributed by atoms with Gasteiger partial charge in [0.05, 0.1) is 0 Å². The molecule has 0 spiro atoms. The molecule has 0 unspecified atom stereocenters. The van der Waals surface area contributed by atoms with Gasteiger partial charge in [-0.15, -0.1) is 0 Å². The Morgan fingerprint density at radius 3 is 2.48 bits per heavy atom. The third kappa shape index (κ3) is 4.01. The van der Waals surface area contributed by atoms with Crippen molar-refractivity contribution >= 4 is 33.3 Å². The van der Waals surface area contributed by atoms with Gasteiger partial charge in [0, 0.05) is 29.3 Å². The number of anilines is 2. The first-order valence-corrected chi connectivity index (χ1v) is 7.57. The summed E-state index contributed by atoms with van der Waals surface area (Å²) in [6.07, 6.45) is 1.42. The van der Waals surface area contributed by atoms with E-state index < -0.39 is 0 Å². The fourth-order valence-electron chi connectivity index (χ4n) is 1.92. The second-order valence-corrected chi connectivity index (χ2v) is 5.31. The molecular weight excluding hydrogens is 332 g/mol. The van der Waals surface area contributed by atoms with Gasteiger partial charge in [-0.2, -0.15) is 0 Å². The van der Waals surface area contributed by atoms with E-state index in [9.17, 15) is 4.79 Å². The fraction of sp³-hybridized carbons (Fsp3) is 0.267. The van der Waals surface area contributed by atoms with Crippen molar-refractivity contribution in [3.05, 3.63) is 46.8 Å². The van der Waals surface area contributed by atoms with Crippen LogP contribution < -0.4 is 10.2 Å². The fourth-order valence-corrected chi connectivity index (χ4v) is 2.18. The van der Waals surface area contributed by atoms with Crippen molar-refractivity contribution in [2.24, 2.45) is 0 Å². The number of carbonyl (C=O) groups is 1. The summed E-state index contributed by atoms with van der Waals surface area (Å²) >= 11 is 3.36. The molecule has 1 N–H and O–H groups in total. The molecule has 110 valence electrons. The Bertz CT molecular complexity index is 611. The van der Waals surface area contributed by atoms with Gasteiger partial charge in [-0.1, -0.05) is 15.9 Å². The number of hydrogen-bond donors (Lipinski definition) is 1. The Hall–Kier alpha value is -1.95. The molecule has 0 fully saturated rings.